The largest absolute Gasteiger partial charge is 0.332 e. The smallest absolute Gasteiger partial charge is 0.279 e. The number of aryl methyl sites for hydroxylation is 2. The standard InChI is InChI=1S/C13H12FN5O2S/c1-8-16-11-10(19(8)22-14)12(20)18(13(21)17(11)2)7-9-5-3-4-6-15-9/h3-6H,7H2,1-2H3. The summed E-state index contributed by atoms with van der Waals surface area (Å²) in [6.45, 7) is 1.59. The van der Waals surface area contributed by atoms with E-state index in [1.165, 1.54) is 11.6 Å². The molecule has 0 saturated carbocycles. The minimum absolute atomic E-state index is 0.0173. The number of pyridine rings is 1. The first-order valence-corrected chi connectivity index (χ1v) is 7.10. The van der Waals surface area contributed by atoms with Crippen molar-refractivity contribution in [3.05, 3.63) is 56.8 Å². The number of nitrogens with zero attached hydrogens (tertiary/aromatic N) is 5. The maximum absolute atomic E-state index is 13.1. The molecule has 9 heteroatoms. The summed E-state index contributed by atoms with van der Waals surface area (Å²) in [5.74, 6) is 0.310. The predicted molar refractivity (Wildman–Crippen MR) is 81.4 cm³/mol. The molecule has 0 aromatic carbocycles. The molecule has 0 radical (unpaired) electrons. The van der Waals surface area contributed by atoms with E-state index in [2.05, 4.69) is 9.97 Å². The molecule has 0 N–H and O–H groups in total. The van der Waals surface area contributed by atoms with Gasteiger partial charge < -0.3 is 0 Å². The van der Waals surface area contributed by atoms with Gasteiger partial charge in [0.2, 0.25) is 0 Å². The highest BCUT2D eigenvalue weighted by Gasteiger charge is 2.19. The second-order valence-electron chi connectivity index (χ2n) is 4.75. The molecular formula is C13H12FN5O2S. The van der Waals surface area contributed by atoms with Crippen molar-refractivity contribution in [3.63, 3.8) is 0 Å². The molecule has 0 aliphatic rings. The van der Waals surface area contributed by atoms with Crippen molar-refractivity contribution in [1.82, 2.24) is 23.1 Å². The topological polar surface area (TPSA) is 74.7 Å². The maximum atomic E-state index is 13.1. The Morgan fingerprint density at radius 3 is 2.73 bits per heavy atom. The Kier molecular flexibility index (Phi) is 3.57. The highest BCUT2D eigenvalue weighted by molar-refractivity contribution is 7.92. The Morgan fingerprint density at radius 1 is 1.32 bits per heavy atom. The van der Waals surface area contributed by atoms with Gasteiger partial charge in [-0.25, -0.2) is 13.8 Å². The van der Waals surface area contributed by atoms with Crippen molar-refractivity contribution in [2.45, 2.75) is 13.5 Å². The molecule has 0 unspecified atom stereocenters. The lowest BCUT2D eigenvalue weighted by atomic mass is 10.3. The highest BCUT2D eigenvalue weighted by Crippen LogP contribution is 2.18. The second-order valence-corrected chi connectivity index (χ2v) is 5.25. The summed E-state index contributed by atoms with van der Waals surface area (Å²) < 4.78 is 16.4. The molecule has 0 atom stereocenters. The fourth-order valence-corrected chi connectivity index (χ4v) is 2.65. The molecular weight excluding hydrogens is 309 g/mol. The van der Waals surface area contributed by atoms with Gasteiger partial charge >= 0.3 is 5.69 Å². The lowest BCUT2D eigenvalue weighted by Crippen LogP contribution is -2.39. The summed E-state index contributed by atoms with van der Waals surface area (Å²) in [5, 5.41) is 0. The molecule has 22 heavy (non-hydrogen) atoms. The van der Waals surface area contributed by atoms with Crippen molar-refractivity contribution in [2.75, 3.05) is 0 Å². The van der Waals surface area contributed by atoms with E-state index in [9.17, 15) is 13.5 Å². The summed E-state index contributed by atoms with van der Waals surface area (Å²) in [6.07, 6.45) is 1.58. The summed E-state index contributed by atoms with van der Waals surface area (Å²) in [4.78, 5) is 33.1. The fraction of sp³-hybridized carbons (Fsp3) is 0.231. The van der Waals surface area contributed by atoms with Crippen LogP contribution in [0.15, 0.2) is 34.0 Å². The van der Waals surface area contributed by atoms with Gasteiger partial charge in [0.15, 0.2) is 23.5 Å². The van der Waals surface area contributed by atoms with E-state index in [0.717, 1.165) is 8.54 Å². The molecule has 3 aromatic rings. The molecule has 0 fully saturated rings. The third-order valence-corrected chi connectivity index (χ3v) is 3.96. The lowest BCUT2D eigenvalue weighted by Gasteiger charge is -2.08. The van der Waals surface area contributed by atoms with E-state index in [1.807, 2.05) is 0 Å². The van der Waals surface area contributed by atoms with Crippen molar-refractivity contribution >= 4 is 23.5 Å². The normalized spacial score (nSPS) is 11.2. The first-order chi connectivity index (χ1) is 10.5. The Bertz CT molecular complexity index is 960. The highest BCUT2D eigenvalue weighted by atomic mass is 32.2. The number of hydrogen-bond donors (Lipinski definition) is 0. The van der Waals surface area contributed by atoms with E-state index in [1.54, 1.807) is 31.3 Å². The van der Waals surface area contributed by atoms with E-state index >= 15 is 0 Å². The van der Waals surface area contributed by atoms with Gasteiger partial charge in [-0.3, -0.25) is 18.9 Å². The maximum Gasteiger partial charge on any atom is 0.332 e. The summed E-state index contributed by atoms with van der Waals surface area (Å²) >= 11 is -0.115. The molecule has 0 bridgehead atoms. The number of rotatable bonds is 3. The average molecular weight is 321 g/mol. The molecule has 3 heterocycles. The lowest BCUT2D eigenvalue weighted by molar-refractivity contribution is 0.647. The van der Waals surface area contributed by atoms with Crippen LogP contribution in [0.2, 0.25) is 0 Å². The van der Waals surface area contributed by atoms with Gasteiger partial charge in [0.1, 0.15) is 5.82 Å². The van der Waals surface area contributed by atoms with E-state index in [0.29, 0.717) is 11.5 Å². The molecule has 0 spiro atoms. The third-order valence-electron chi connectivity index (χ3n) is 3.38. The summed E-state index contributed by atoms with van der Waals surface area (Å²) in [5.41, 5.74) is -0.333. The van der Waals surface area contributed by atoms with Crippen LogP contribution in [0.3, 0.4) is 0 Å². The van der Waals surface area contributed by atoms with E-state index in [4.69, 9.17) is 0 Å². The monoisotopic (exact) mass is 321 g/mol. The fourth-order valence-electron chi connectivity index (χ4n) is 2.28. The zero-order valence-electron chi connectivity index (χ0n) is 11.9. The first kappa shape index (κ1) is 14.5. The first-order valence-electron chi connectivity index (χ1n) is 6.42. The quantitative estimate of drug-likeness (QED) is 0.720. The van der Waals surface area contributed by atoms with Crippen LogP contribution in [-0.4, -0.2) is 23.1 Å². The minimum Gasteiger partial charge on any atom is -0.279 e. The molecule has 3 rings (SSSR count). The zero-order valence-corrected chi connectivity index (χ0v) is 12.7. The van der Waals surface area contributed by atoms with Crippen LogP contribution >= 0.6 is 12.3 Å². The van der Waals surface area contributed by atoms with Crippen molar-refractivity contribution in [1.29, 1.82) is 0 Å². The van der Waals surface area contributed by atoms with Crippen LogP contribution in [0.1, 0.15) is 11.5 Å². The van der Waals surface area contributed by atoms with Crippen LogP contribution in [0.25, 0.3) is 11.2 Å². The molecule has 7 nitrogen and oxygen atoms in total. The number of fused-ring (bicyclic) bond motifs is 1. The van der Waals surface area contributed by atoms with Crippen molar-refractivity contribution < 1.29 is 3.89 Å². The van der Waals surface area contributed by atoms with Crippen molar-refractivity contribution in [2.24, 2.45) is 7.05 Å². The van der Waals surface area contributed by atoms with Crippen LogP contribution < -0.4 is 11.2 Å². The summed E-state index contributed by atoms with van der Waals surface area (Å²) in [6, 6.07) is 5.22. The van der Waals surface area contributed by atoms with E-state index in [-0.39, 0.29) is 30.0 Å². The van der Waals surface area contributed by atoms with Gasteiger partial charge in [-0.05, 0) is 19.1 Å². The third kappa shape index (κ3) is 2.13. The number of halogens is 1. The van der Waals surface area contributed by atoms with Gasteiger partial charge in [-0.1, -0.05) is 6.07 Å². The number of aromatic nitrogens is 5. The Labute approximate surface area is 128 Å². The predicted octanol–water partition coefficient (Wildman–Crippen LogP) is 1.03. The van der Waals surface area contributed by atoms with Crippen LogP contribution in [0, 0.1) is 6.92 Å². The Balaban J connectivity index is 2.32. The van der Waals surface area contributed by atoms with Crippen LogP contribution in [-0.2, 0) is 13.6 Å². The van der Waals surface area contributed by atoms with Gasteiger partial charge in [0, 0.05) is 13.2 Å². The van der Waals surface area contributed by atoms with Gasteiger partial charge in [-0.15, -0.1) is 3.89 Å². The number of imidazole rings is 1. The molecule has 0 aliphatic carbocycles. The minimum atomic E-state index is -0.588. The van der Waals surface area contributed by atoms with E-state index < -0.39 is 11.2 Å². The molecule has 0 amide bonds. The number of hydrogen-bond acceptors (Lipinski definition) is 5. The SMILES string of the molecule is Cc1nc2c(c(=O)n(Cc3ccccn3)c(=O)n2C)n1SF. The van der Waals surface area contributed by atoms with Gasteiger partial charge in [0.25, 0.3) is 5.56 Å². The van der Waals surface area contributed by atoms with Gasteiger partial charge in [0.05, 0.1) is 12.2 Å². The van der Waals surface area contributed by atoms with Crippen molar-refractivity contribution in [3.8, 4) is 0 Å². The molecule has 3 aromatic heterocycles. The zero-order chi connectivity index (χ0) is 15.9. The molecule has 0 aliphatic heterocycles. The van der Waals surface area contributed by atoms with Gasteiger partial charge in [-0.2, -0.15) is 0 Å². The average Bonchev–Trinajstić information content (AvgIpc) is 2.87. The molecule has 0 saturated heterocycles. The summed E-state index contributed by atoms with van der Waals surface area (Å²) in [7, 11) is 1.50. The van der Waals surface area contributed by atoms with Crippen LogP contribution in [0.5, 0.6) is 0 Å². The van der Waals surface area contributed by atoms with Crippen LogP contribution in [0.4, 0.5) is 3.89 Å². The Morgan fingerprint density at radius 2 is 2.09 bits per heavy atom. The second kappa shape index (κ2) is 5.41. The molecule has 114 valence electrons. The Hall–Kier alpha value is -2.42.